The second-order valence-corrected chi connectivity index (χ2v) is 9.49. The summed E-state index contributed by atoms with van der Waals surface area (Å²) in [7, 11) is 0. The molecule has 0 fully saturated rings. The SMILES string of the molecule is CCCCCCCCCCCCCCCCCC(=O)OCC(Cl)(Cl)Cl. The summed E-state index contributed by atoms with van der Waals surface area (Å²) in [6.45, 7) is 2.10. The Morgan fingerprint density at radius 3 is 1.40 bits per heavy atom. The van der Waals surface area contributed by atoms with Crippen molar-refractivity contribution in [2.75, 3.05) is 6.61 Å². The van der Waals surface area contributed by atoms with Crippen LogP contribution >= 0.6 is 34.8 Å². The fourth-order valence-electron chi connectivity index (χ4n) is 2.88. The van der Waals surface area contributed by atoms with Crippen molar-refractivity contribution in [2.24, 2.45) is 0 Å². The lowest BCUT2D eigenvalue weighted by Gasteiger charge is -2.11. The predicted molar refractivity (Wildman–Crippen MR) is 111 cm³/mol. The summed E-state index contributed by atoms with van der Waals surface area (Å²) in [5, 5.41) is 0. The van der Waals surface area contributed by atoms with Crippen LogP contribution in [0.1, 0.15) is 110 Å². The lowest BCUT2D eigenvalue weighted by atomic mass is 10.0. The van der Waals surface area contributed by atoms with E-state index in [1.807, 2.05) is 0 Å². The van der Waals surface area contributed by atoms with Gasteiger partial charge in [0.15, 0.2) is 0 Å². The van der Waals surface area contributed by atoms with Crippen molar-refractivity contribution >= 4 is 40.8 Å². The molecule has 0 bridgehead atoms. The molecule has 0 saturated carbocycles. The van der Waals surface area contributed by atoms with Gasteiger partial charge in [-0.05, 0) is 6.42 Å². The first-order valence-electron chi connectivity index (χ1n) is 10.2. The highest BCUT2D eigenvalue weighted by Crippen LogP contribution is 2.26. The summed E-state index contributed by atoms with van der Waals surface area (Å²) in [5.74, 6) is -0.277. The van der Waals surface area contributed by atoms with Crippen molar-refractivity contribution in [3.8, 4) is 0 Å². The van der Waals surface area contributed by atoms with Gasteiger partial charge in [-0.25, -0.2) is 0 Å². The topological polar surface area (TPSA) is 26.3 Å². The van der Waals surface area contributed by atoms with Crippen molar-refractivity contribution in [3.05, 3.63) is 0 Å². The maximum atomic E-state index is 11.4. The third-order valence-corrected chi connectivity index (χ3v) is 4.71. The Morgan fingerprint density at radius 2 is 1.04 bits per heavy atom. The highest BCUT2D eigenvalue weighted by molar-refractivity contribution is 6.67. The van der Waals surface area contributed by atoms with Crippen molar-refractivity contribution in [1.82, 2.24) is 0 Å². The number of alkyl halides is 3. The lowest BCUT2D eigenvalue weighted by molar-refractivity contribution is -0.143. The van der Waals surface area contributed by atoms with Crippen LogP contribution in [0.5, 0.6) is 0 Å². The number of carbonyl (C=O) groups excluding carboxylic acids is 1. The second-order valence-electron chi connectivity index (χ2n) is 6.98. The van der Waals surface area contributed by atoms with Gasteiger partial charge in [-0.1, -0.05) is 132 Å². The van der Waals surface area contributed by atoms with Crippen LogP contribution in [-0.4, -0.2) is 16.4 Å². The molecule has 0 radical (unpaired) electrons. The van der Waals surface area contributed by atoms with E-state index in [0.717, 1.165) is 12.8 Å². The minimum absolute atomic E-state index is 0.171. The molecule has 0 aromatic heterocycles. The van der Waals surface area contributed by atoms with E-state index in [9.17, 15) is 4.79 Å². The number of unbranched alkanes of at least 4 members (excludes halogenated alkanes) is 14. The molecule has 2 nitrogen and oxygen atoms in total. The summed E-state index contributed by atoms with van der Waals surface area (Å²) < 4.78 is 3.38. The quantitative estimate of drug-likeness (QED) is 0.136. The molecule has 0 atom stereocenters. The van der Waals surface area contributed by atoms with Gasteiger partial charge in [0.25, 0.3) is 0 Å². The fourth-order valence-corrected chi connectivity index (χ4v) is 3.04. The van der Waals surface area contributed by atoms with Gasteiger partial charge in [0.2, 0.25) is 3.79 Å². The number of carbonyl (C=O) groups is 1. The van der Waals surface area contributed by atoms with Gasteiger partial charge < -0.3 is 4.74 Å². The summed E-state index contributed by atoms with van der Waals surface area (Å²) in [6, 6.07) is 0. The molecule has 0 saturated heterocycles. The largest absolute Gasteiger partial charge is 0.461 e. The zero-order valence-electron chi connectivity index (χ0n) is 16.0. The van der Waals surface area contributed by atoms with Gasteiger partial charge >= 0.3 is 5.97 Å². The number of ether oxygens (including phenoxy) is 1. The third kappa shape index (κ3) is 22.3. The number of esters is 1. The molecule has 0 aliphatic rings. The fraction of sp³-hybridized carbons (Fsp3) is 0.950. The Morgan fingerprint density at radius 1 is 0.680 bits per heavy atom. The van der Waals surface area contributed by atoms with Gasteiger partial charge in [-0.3, -0.25) is 4.79 Å². The predicted octanol–water partition coefficient (Wildman–Crippen LogP) is 8.16. The first kappa shape index (κ1) is 25.3. The normalized spacial score (nSPS) is 11.7. The molecule has 25 heavy (non-hydrogen) atoms. The van der Waals surface area contributed by atoms with E-state index < -0.39 is 3.79 Å². The molecule has 0 amide bonds. The van der Waals surface area contributed by atoms with E-state index in [0.29, 0.717) is 6.42 Å². The molecule has 5 heteroatoms. The first-order chi connectivity index (χ1) is 12.0. The van der Waals surface area contributed by atoms with Gasteiger partial charge in [0.1, 0.15) is 6.61 Å². The second kappa shape index (κ2) is 17.7. The highest BCUT2D eigenvalue weighted by Gasteiger charge is 2.21. The van der Waals surface area contributed by atoms with Gasteiger partial charge in [-0.2, -0.15) is 0 Å². The zero-order valence-corrected chi connectivity index (χ0v) is 18.2. The van der Waals surface area contributed by atoms with E-state index in [1.165, 1.54) is 83.5 Å². The molecule has 0 aromatic carbocycles. The van der Waals surface area contributed by atoms with Crippen LogP contribution in [0.15, 0.2) is 0 Å². The average molecular weight is 416 g/mol. The Bertz CT molecular complexity index is 304. The standard InChI is InChI=1S/C20H37Cl3O2/c1-2-3-4-5-6-7-8-9-10-11-12-13-14-15-16-17-19(24)25-18-20(21,22)23/h2-18H2,1H3. The van der Waals surface area contributed by atoms with Gasteiger partial charge in [-0.15, -0.1) is 0 Å². The molecule has 0 aliphatic carbocycles. The van der Waals surface area contributed by atoms with Crippen LogP contribution in [0.3, 0.4) is 0 Å². The zero-order chi connectivity index (χ0) is 18.8. The molecule has 0 unspecified atom stereocenters. The number of hydrogen-bond donors (Lipinski definition) is 0. The minimum Gasteiger partial charge on any atom is -0.461 e. The number of rotatable bonds is 17. The average Bonchev–Trinajstić information content (AvgIpc) is 2.56. The van der Waals surface area contributed by atoms with Crippen LogP contribution in [0, 0.1) is 0 Å². The highest BCUT2D eigenvalue weighted by atomic mass is 35.6. The molecule has 0 aromatic rings. The van der Waals surface area contributed by atoms with Crippen molar-refractivity contribution in [1.29, 1.82) is 0 Å². The van der Waals surface area contributed by atoms with Crippen LogP contribution in [-0.2, 0) is 9.53 Å². The molecule has 0 N–H and O–H groups in total. The molecular weight excluding hydrogens is 379 g/mol. The Hall–Kier alpha value is 0.340. The van der Waals surface area contributed by atoms with E-state index >= 15 is 0 Å². The Kier molecular flexibility index (Phi) is 18.0. The Labute approximate surface area is 170 Å². The summed E-state index contributed by atoms with van der Waals surface area (Å²) in [5.41, 5.74) is 0. The molecule has 150 valence electrons. The summed E-state index contributed by atoms with van der Waals surface area (Å²) in [4.78, 5) is 11.4. The third-order valence-electron chi connectivity index (χ3n) is 4.38. The van der Waals surface area contributed by atoms with E-state index in [-0.39, 0.29) is 12.6 Å². The van der Waals surface area contributed by atoms with Gasteiger partial charge in [0.05, 0.1) is 0 Å². The monoisotopic (exact) mass is 414 g/mol. The number of hydrogen-bond acceptors (Lipinski definition) is 2. The van der Waals surface area contributed by atoms with E-state index in [1.54, 1.807) is 0 Å². The van der Waals surface area contributed by atoms with E-state index in [4.69, 9.17) is 39.5 Å². The molecule has 0 spiro atoms. The van der Waals surface area contributed by atoms with Crippen LogP contribution in [0.2, 0.25) is 0 Å². The lowest BCUT2D eigenvalue weighted by Crippen LogP contribution is -2.17. The van der Waals surface area contributed by atoms with Crippen LogP contribution in [0.4, 0.5) is 0 Å². The Balaban J connectivity index is 3.15. The van der Waals surface area contributed by atoms with Crippen LogP contribution in [0.25, 0.3) is 0 Å². The summed E-state index contributed by atoms with van der Waals surface area (Å²) >= 11 is 16.6. The van der Waals surface area contributed by atoms with Crippen molar-refractivity contribution < 1.29 is 9.53 Å². The molecular formula is C20H37Cl3O2. The molecule has 0 aliphatic heterocycles. The van der Waals surface area contributed by atoms with Crippen molar-refractivity contribution in [2.45, 2.75) is 113 Å². The molecule has 0 rings (SSSR count). The van der Waals surface area contributed by atoms with Gasteiger partial charge in [0, 0.05) is 6.42 Å². The molecule has 0 heterocycles. The minimum atomic E-state index is -1.51. The summed E-state index contributed by atoms with van der Waals surface area (Å²) in [6.07, 6.45) is 20.0. The van der Waals surface area contributed by atoms with Crippen molar-refractivity contribution in [3.63, 3.8) is 0 Å². The number of halogens is 3. The maximum Gasteiger partial charge on any atom is 0.305 e. The first-order valence-corrected chi connectivity index (χ1v) is 11.3. The smallest absolute Gasteiger partial charge is 0.305 e. The van der Waals surface area contributed by atoms with E-state index in [2.05, 4.69) is 6.92 Å². The van der Waals surface area contributed by atoms with Crippen LogP contribution < -0.4 is 0 Å². The maximum absolute atomic E-state index is 11.4.